The molecular weight excluding hydrogens is 361 g/mol. The molecule has 2 N–H and O–H groups in total. The van der Waals surface area contributed by atoms with Gasteiger partial charge in [-0.3, -0.25) is 9.63 Å². The first-order valence-corrected chi connectivity index (χ1v) is 7.74. The fourth-order valence-corrected chi connectivity index (χ4v) is 3.27. The number of carbonyl (C=O) groups is 1. The summed E-state index contributed by atoms with van der Waals surface area (Å²) >= 11 is 12.3. The van der Waals surface area contributed by atoms with Gasteiger partial charge in [0.1, 0.15) is 17.7 Å². The van der Waals surface area contributed by atoms with Gasteiger partial charge in [0.2, 0.25) is 5.91 Å². The molecule has 0 aliphatic carbocycles. The maximum absolute atomic E-state index is 13.2. The minimum Gasteiger partial charge on any atom is -0.366 e. The highest BCUT2D eigenvalue weighted by Gasteiger charge is 2.33. The third-order valence-corrected chi connectivity index (χ3v) is 4.24. The maximum atomic E-state index is 13.2. The van der Waals surface area contributed by atoms with E-state index in [0.717, 1.165) is 6.07 Å². The predicted octanol–water partition coefficient (Wildman–Crippen LogP) is 3.86. The molecule has 1 atom stereocenters. The van der Waals surface area contributed by atoms with Gasteiger partial charge >= 0.3 is 0 Å². The molecule has 4 nitrogen and oxygen atoms in total. The molecule has 0 saturated carbocycles. The van der Waals surface area contributed by atoms with Gasteiger partial charge in [0.05, 0.1) is 6.54 Å². The van der Waals surface area contributed by atoms with Crippen LogP contribution in [-0.2, 0) is 11.4 Å². The second-order valence-electron chi connectivity index (χ2n) is 5.41. The van der Waals surface area contributed by atoms with Crippen molar-refractivity contribution in [2.75, 3.05) is 6.54 Å². The van der Waals surface area contributed by atoms with E-state index in [1.54, 1.807) is 0 Å². The molecule has 0 aromatic heterocycles. The van der Waals surface area contributed by atoms with Crippen LogP contribution < -0.4 is 5.73 Å². The Hall–Kier alpha value is -1.73. The molecule has 0 radical (unpaired) electrons. The Labute approximate surface area is 146 Å². The lowest BCUT2D eigenvalue weighted by molar-refractivity contribution is -0.307. The SMILES string of the molecule is NC(=O)c1cc(Cl)c(C2CN(Cc3cc(F)cc(F)c3)O2)c(Cl)c1. The summed E-state index contributed by atoms with van der Waals surface area (Å²) in [5.41, 5.74) is 6.41. The van der Waals surface area contributed by atoms with Crippen molar-refractivity contribution in [2.45, 2.75) is 12.6 Å². The van der Waals surface area contributed by atoms with Gasteiger partial charge in [-0.25, -0.2) is 8.78 Å². The smallest absolute Gasteiger partial charge is 0.248 e. The van der Waals surface area contributed by atoms with Gasteiger partial charge in [-0.1, -0.05) is 23.2 Å². The average molecular weight is 373 g/mol. The van der Waals surface area contributed by atoms with E-state index >= 15 is 0 Å². The quantitative estimate of drug-likeness (QED) is 0.886. The highest BCUT2D eigenvalue weighted by Crippen LogP contribution is 2.39. The van der Waals surface area contributed by atoms with E-state index < -0.39 is 23.6 Å². The van der Waals surface area contributed by atoms with Crippen LogP contribution in [-0.4, -0.2) is 17.5 Å². The first kappa shape index (κ1) is 17.1. The summed E-state index contributed by atoms with van der Waals surface area (Å²) in [6.07, 6.45) is -0.398. The van der Waals surface area contributed by atoms with Gasteiger partial charge in [0, 0.05) is 33.8 Å². The summed E-state index contributed by atoms with van der Waals surface area (Å²) in [6, 6.07) is 6.14. The molecule has 1 saturated heterocycles. The Morgan fingerprint density at radius 1 is 1.17 bits per heavy atom. The lowest BCUT2D eigenvalue weighted by atomic mass is 10.0. The molecule has 126 valence electrons. The van der Waals surface area contributed by atoms with E-state index in [2.05, 4.69) is 0 Å². The number of primary amides is 1. The first-order valence-electron chi connectivity index (χ1n) is 6.99. The van der Waals surface area contributed by atoms with Gasteiger partial charge < -0.3 is 5.73 Å². The van der Waals surface area contributed by atoms with Gasteiger partial charge in [-0.2, -0.15) is 5.06 Å². The van der Waals surface area contributed by atoms with Crippen LogP contribution >= 0.6 is 23.2 Å². The lowest BCUT2D eigenvalue weighted by Gasteiger charge is -2.39. The molecule has 1 aliphatic rings. The minimum absolute atomic E-state index is 0.208. The summed E-state index contributed by atoms with van der Waals surface area (Å²) in [5.74, 6) is -1.92. The van der Waals surface area contributed by atoms with Crippen molar-refractivity contribution in [2.24, 2.45) is 5.73 Å². The summed E-state index contributed by atoms with van der Waals surface area (Å²) in [4.78, 5) is 16.8. The average Bonchev–Trinajstić information content (AvgIpc) is 2.42. The van der Waals surface area contributed by atoms with Crippen LogP contribution in [0.4, 0.5) is 8.78 Å². The number of amides is 1. The normalized spacial score (nSPS) is 17.6. The van der Waals surface area contributed by atoms with E-state index in [9.17, 15) is 13.6 Å². The molecule has 8 heteroatoms. The second-order valence-corrected chi connectivity index (χ2v) is 6.23. The molecule has 1 fully saturated rings. The van der Waals surface area contributed by atoms with E-state index in [1.165, 1.54) is 29.3 Å². The number of hydroxylamine groups is 2. The van der Waals surface area contributed by atoms with E-state index in [4.69, 9.17) is 33.8 Å². The topological polar surface area (TPSA) is 55.6 Å². The largest absolute Gasteiger partial charge is 0.366 e. The molecular formula is C16H12Cl2F2N2O2. The number of hydrogen-bond acceptors (Lipinski definition) is 3. The van der Waals surface area contributed by atoms with Crippen LogP contribution in [0.5, 0.6) is 0 Å². The van der Waals surface area contributed by atoms with Crippen molar-refractivity contribution in [3.05, 3.63) is 68.7 Å². The molecule has 0 spiro atoms. The first-order chi connectivity index (χ1) is 11.3. The van der Waals surface area contributed by atoms with Crippen LogP contribution in [0, 0.1) is 11.6 Å². The zero-order chi connectivity index (χ0) is 17.4. The maximum Gasteiger partial charge on any atom is 0.248 e. The molecule has 2 aromatic carbocycles. The van der Waals surface area contributed by atoms with Gasteiger partial charge in [0.25, 0.3) is 0 Å². The molecule has 2 aromatic rings. The Kier molecular flexibility index (Phi) is 4.73. The fraction of sp³-hybridized carbons (Fsp3) is 0.188. The van der Waals surface area contributed by atoms with Crippen LogP contribution in [0.25, 0.3) is 0 Å². The molecule has 24 heavy (non-hydrogen) atoms. The number of rotatable bonds is 4. The molecule has 1 unspecified atom stereocenters. The highest BCUT2D eigenvalue weighted by atomic mass is 35.5. The third-order valence-electron chi connectivity index (χ3n) is 3.61. The van der Waals surface area contributed by atoms with E-state index in [0.29, 0.717) is 17.7 Å². The zero-order valence-electron chi connectivity index (χ0n) is 12.2. The Morgan fingerprint density at radius 2 is 1.71 bits per heavy atom. The lowest BCUT2D eigenvalue weighted by Crippen LogP contribution is -2.42. The van der Waals surface area contributed by atoms with Gasteiger partial charge in [-0.05, 0) is 29.8 Å². The standard InChI is InChI=1S/C16H12Cl2F2N2O2/c17-12-3-9(16(21)23)4-13(18)15(12)14-7-22(24-14)6-8-1-10(19)5-11(20)2-8/h1-5,14H,6-7H2,(H2,21,23). The Balaban J connectivity index is 1.69. The van der Waals surface area contributed by atoms with E-state index in [-0.39, 0.29) is 22.2 Å². The summed E-state index contributed by atoms with van der Waals surface area (Å²) in [5, 5.41) is 2.09. The second kappa shape index (κ2) is 6.64. The minimum atomic E-state index is -0.643. The third kappa shape index (κ3) is 3.52. The van der Waals surface area contributed by atoms with Crippen LogP contribution in [0.15, 0.2) is 30.3 Å². The predicted molar refractivity (Wildman–Crippen MR) is 85.6 cm³/mol. The molecule has 1 amide bonds. The number of nitrogens with two attached hydrogens (primary N) is 1. The van der Waals surface area contributed by atoms with Crippen molar-refractivity contribution in [1.29, 1.82) is 0 Å². The van der Waals surface area contributed by atoms with Crippen molar-refractivity contribution >= 4 is 29.1 Å². The van der Waals surface area contributed by atoms with Crippen LogP contribution in [0.1, 0.15) is 27.6 Å². The molecule has 1 aliphatic heterocycles. The van der Waals surface area contributed by atoms with Crippen LogP contribution in [0.2, 0.25) is 10.0 Å². The van der Waals surface area contributed by atoms with E-state index in [1.807, 2.05) is 0 Å². The molecule has 1 heterocycles. The molecule has 0 bridgehead atoms. The summed E-state index contributed by atoms with van der Waals surface area (Å²) in [6.45, 7) is 0.660. The fourth-order valence-electron chi connectivity index (χ4n) is 2.54. The number of carbonyl (C=O) groups excluding carboxylic acids is 1. The highest BCUT2D eigenvalue weighted by molar-refractivity contribution is 6.36. The number of nitrogens with zero attached hydrogens (tertiary/aromatic N) is 1. The van der Waals surface area contributed by atoms with Gasteiger partial charge in [-0.15, -0.1) is 0 Å². The van der Waals surface area contributed by atoms with Crippen molar-refractivity contribution in [3.63, 3.8) is 0 Å². The number of hydrogen-bond donors (Lipinski definition) is 1. The Bertz CT molecular complexity index is 767. The monoisotopic (exact) mass is 372 g/mol. The number of halogens is 4. The zero-order valence-corrected chi connectivity index (χ0v) is 13.7. The van der Waals surface area contributed by atoms with Crippen LogP contribution in [0.3, 0.4) is 0 Å². The molecule has 3 rings (SSSR count). The summed E-state index contributed by atoms with van der Waals surface area (Å²) < 4.78 is 26.4. The van der Waals surface area contributed by atoms with Crippen molar-refractivity contribution in [1.82, 2.24) is 5.06 Å². The Morgan fingerprint density at radius 3 is 2.21 bits per heavy atom. The van der Waals surface area contributed by atoms with Gasteiger partial charge in [0.15, 0.2) is 0 Å². The number of benzene rings is 2. The summed E-state index contributed by atoms with van der Waals surface area (Å²) in [7, 11) is 0. The van der Waals surface area contributed by atoms with Crippen molar-refractivity contribution in [3.8, 4) is 0 Å². The van der Waals surface area contributed by atoms with Crippen molar-refractivity contribution < 1.29 is 18.4 Å².